The number of hydrogen-bond donors (Lipinski definition) is 0. The SMILES string of the molecule is CCCCCc1ccc(-c2ccc3c(F)c(C#Cc4cc(F)c(C(F)(F)F)c(F)c4)ccc3c2)cc1. The molecular weight excluding hydrogens is 474 g/mol. The summed E-state index contributed by atoms with van der Waals surface area (Å²) in [6.07, 6.45) is -0.612. The highest BCUT2D eigenvalue weighted by atomic mass is 19.4. The maximum Gasteiger partial charge on any atom is 0.422 e. The molecule has 0 atom stereocenters. The van der Waals surface area contributed by atoms with E-state index in [1.807, 2.05) is 18.2 Å². The van der Waals surface area contributed by atoms with Crippen molar-refractivity contribution in [1.82, 2.24) is 0 Å². The van der Waals surface area contributed by atoms with Crippen molar-refractivity contribution < 1.29 is 26.3 Å². The summed E-state index contributed by atoms with van der Waals surface area (Å²) < 4.78 is 80.9. The molecule has 4 aromatic rings. The first kappa shape index (κ1) is 25.4. The van der Waals surface area contributed by atoms with Gasteiger partial charge in [-0.3, -0.25) is 0 Å². The zero-order chi connectivity index (χ0) is 25.9. The molecule has 184 valence electrons. The smallest absolute Gasteiger partial charge is 0.206 e. The molecule has 36 heavy (non-hydrogen) atoms. The predicted octanol–water partition coefficient (Wildman–Crippen LogP) is 9.08. The molecule has 6 heteroatoms. The molecule has 0 fully saturated rings. The monoisotopic (exact) mass is 496 g/mol. The van der Waals surface area contributed by atoms with Crippen molar-refractivity contribution in [3.8, 4) is 23.0 Å². The minimum Gasteiger partial charge on any atom is -0.206 e. The van der Waals surface area contributed by atoms with Gasteiger partial charge in [0.1, 0.15) is 23.0 Å². The van der Waals surface area contributed by atoms with Crippen molar-refractivity contribution in [2.45, 2.75) is 38.8 Å². The third-order valence-electron chi connectivity index (χ3n) is 5.98. The van der Waals surface area contributed by atoms with Gasteiger partial charge in [0.05, 0.1) is 5.56 Å². The molecule has 0 aliphatic carbocycles. The van der Waals surface area contributed by atoms with Gasteiger partial charge in [0, 0.05) is 10.9 Å². The molecule has 4 aromatic carbocycles. The molecule has 0 amide bonds. The number of rotatable bonds is 5. The number of fused-ring (bicyclic) bond motifs is 1. The summed E-state index contributed by atoms with van der Waals surface area (Å²) >= 11 is 0. The Morgan fingerprint density at radius 1 is 0.722 bits per heavy atom. The van der Waals surface area contributed by atoms with Crippen LogP contribution in [0.4, 0.5) is 26.3 Å². The molecule has 0 aliphatic rings. The predicted molar refractivity (Wildman–Crippen MR) is 130 cm³/mol. The van der Waals surface area contributed by atoms with Crippen molar-refractivity contribution >= 4 is 10.8 Å². The molecule has 0 bridgehead atoms. The van der Waals surface area contributed by atoms with Crippen LogP contribution in [-0.4, -0.2) is 0 Å². The molecule has 0 spiro atoms. The van der Waals surface area contributed by atoms with Crippen LogP contribution in [0, 0.1) is 29.3 Å². The quantitative estimate of drug-likeness (QED) is 0.147. The molecule has 0 aromatic heterocycles. The van der Waals surface area contributed by atoms with Crippen LogP contribution < -0.4 is 0 Å². The Morgan fingerprint density at radius 2 is 1.39 bits per heavy atom. The van der Waals surface area contributed by atoms with E-state index < -0.39 is 29.2 Å². The van der Waals surface area contributed by atoms with E-state index in [1.165, 1.54) is 24.5 Å². The van der Waals surface area contributed by atoms with Crippen LogP contribution in [0.1, 0.15) is 48.4 Å². The maximum absolute atomic E-state index is 15.1. The highest BCUT2D eigenvalue weighted by Gasteiger charge is 2.37. The largest absolute Gasteiger partial charge is 0.422 e. The number of halogens is 6. The number of benzene rings is 4. The molecule has 0 heterocycles. The van der Waals surface area contributed by atoms with Crippen LogP contribution in [-0.2, 0) is 12.6 Å². The van der Waals surface area contributed by atoms with Crippen LogP contribution in [0.15, 0.2) is 66.7 Å². The minimum atomic E-state index is -5.17. The topological polar surface area (TPSA) is 0 Å². The first-order chi connectivity index (χ1) is 17.2. The summed E-state index contributed by atoms with van der Waals surface area (Å²) in [4.78, 5) is 0. The van der Waals surface area contributed by atoms with E-state index in [4.69, 9.17) is 0 Å². The summed E-state index contributed by atoms with van der Waals surface area (Å²) in [5.74, 6) is 0.656. The summed E-state index contributed by atoms with van der Waals surface area (Å²) in [6, 6.07) is 17.7. The van der Waals surface area contributed by atoms with Crippen molar-refractivity contribution in [3.63, 3.8) is 0 Å². The fourth-order valence-corrected chi connectivity index (χ4v) is 4.07. The third kappa shape index (κ3) is 5.57. The lowest BCUT2D eigenvalue weighted by molar-refractivity contribution is -0.142. The summed E-state index contributed by atoms with van der Waals surface area (Å²) in [5, 5.41) is 0.959. The Bertz CT molecular complexity index is 1430. The molecule has 0 saturated carbocycles. The van der Waals surface area contributed by atoms with E-state index in [0.717, 1.165) is 24.0 Å². The lowest BCUT2D eigenvalue weighted by Gasteiger charge is -2.09. The van der Waals surface area contributed by atoms with Gasteiger partial charge in [0.2, 0.25) is 0 Å². The second-order valence-electron chi connectivity index (χ2n) is 8.58. The fraction of sp³-hybridized carbons (Fsp3) is 0.200. The Hall–Kier alpha value is -3.72. The van der Waals surface area contributed by atoms with Crippen molar-refractivity contribution in [2.24, 2.45) is 0 Å². The standard InChI is InChI=1S/C30H22F6/c1-2-3-4-5-19-6-9-21(10-7-19)23-14-15-25-24(18-23)13-12-22(29(25)33)11-8-20-16-26(31)28(27(32)17-20)30(34,35)36/h6-7,9-10,12-18H,2-5H2,1H3. The van der Waals surface area contributed by atoms with Gasteiger partial charge in [-0.25, -0.2) is 13.2 Å². The lowest BCUT2D eigenvalue weighted by Crippen LogP contribution is -2.11. The van der Waals surface area contributed by atoms with Crippen LogP contribution >= 0.6 is 0 Å². The highest BCUT2D eigenvalue weighted by molar-refractivity contribution is 5.89. The van der Waals surface area contributed by atoms with Gasteiger partial charge >= 0.3 is 6.18 Å². The molecule has 0 nitrogen and oxygen atoms in total. The van der Waals surface area contributed by atoms with E-state index in [1.54, 1.807) is 18.2 Å². The molecule has 0 radical (unpaired) electrons. The molecule has 0 N–H and O–H groups in total. The van der Waals surface area contributed by atoms with Crippen LogP contribution in [0.25, 0.3) is 21.9 Å². The average molecular weight is 496 g/mol. The van der Waals surface area contributed by atoms with Gasteiger partial charge < -0.3 is 0 Å². The van der Waals surface area contributed by atoms with E-state index in [-0.39, 0.29) is 11.1 Å². The first-order valence-electron chi connectivity index (χ1n) is 11.6. The van der Waals surface area contributed by atoms with Crippen molar-refractivity contribution in [3.05, 3.63) is 106 Å². The average Bonchev–Trinajstić information content (AvgIpc) is 2.83. The number of alkyl halides is 3. The van der Waals surface area contributed by atoms with Crippen LogP contribution in [0.3, 0.4) is 0 Å². The molecule has 0 aliphatic heterocycles. The lowest BCUT2D eigenvalue weighted by atomic mass is 9.98. The normalized spacial score (nSPS) is 11.4. The Balaban J connectivity index is 1.59. The maximum atomic E-state index is 15.1. The molecule has 0 unspecified atom stereocenters. The zero-order valence-electron chi connectivity index (χ0n) is 19.4. The van der Waals surface area contributed by atoms with E-state index >= 15 is 4.39 Å². The van der Waals surface area contributed by atoms with Gasteiger partial charge in [-0.2, -0.15) is 13.2 Å². The second kappa shape index (κ2) is 10.5. The summed E-state index contributed by atoms with van der Waals surface area (Å²) in [5.41, 5.74) is 0.864. The number of hydrogen-bond acceptors (Lipinski definition) is 0. The van der Waals surface area contributed by atoms with Crippen molar-refractivity contribution in [2.75, 3.05) is 0 Å². The highest BCUT2D eigenvalue weighted by Crippen LogP contribution is 2.34. The van der Waals surface area contributed by atoms with E-state index in [0.29, 0.717) is 22.9 Å². The van der Waals surface area contributed by atoms with E-state index in [2.05, 4.69) is 30.9 Å². The number of unbranched alkanes of at least 4 members (excludes halogenated alkanes) is 2. The minimum absolute atomic E-state index is 0.0348. The first-order valence-corrected chi connectivity index (χ1v) is 11.6. The van der Waals surface area contributed by atoms with Gasteiger partial charge in [0.25, 0.3) is 0 Å². The van der Waals surface area contributed by atoms with Crippen molar-refractivity contribution in [1.29, 1.82) is 0 Å². The Kier molecular flexibility index (Phi) is 7.40. The van der Waals surface area contributed by atoms with Crippen LogP contribution in [0.2, 0.25) is 0 Å². The fourth-order valence-electron chi connectivity index (χ4n) is 4.07. The van der Waals surface area contributed by atoms with E-state index in [9.17, 15) is 22.0 Å². The summed E-state index contributed by atoms with van der Waals surface area (Å²) in [6.45, 7) is 2.17. The summed E-state index contributed by atoms with van der Waals surface area (Å²) in [7, 11) is 0. The van der Waals surface area contributed by atoms with Gasteiger partial charge in [-0.15, -0.1) is 0 Å². The van der Waals surface area contributed by atoms with Gasteiger partial charge in [0.15, 0.2) is 0 Å². The zero-order valence-corrected chi connectivity index (χ0v) is 19.4. The third-order valence-corrected chi connectivity index (χ3v) is 5.98. The second-order valence-corrected chi connectivity index (χ2v) is 8.58. The van der Waals surface area contributed by atoms with Gasteiger partial charge in [-0.05, 0) is 59.2 Å². The molecule has 0 saturated heterocycles. The Morgan fingerprint density at radius 3 is 2.03 bits per heavy atom. The Labute approximate surface area is 205 Å². The molecular formula is C30H22F6. The van der Waals surface area contributed by atoms with Crippen LogP contribution in [0.5, 0.6) is 0 Å². The molecule has 4 rings (SSSR count). The van der Waals surface area contributed by atoms with Gasteiger partial charge in [-0.1, -0.05) is 74.1 Å². The number of aryl methyl sites for hydroxylation is 1.